The maximum Gasteiger partial charge on any atom is 0.351 e. The van der Waals surface area contributed by atoms with Crippen molar-refractivity contribution in [2.45, 2.75) is 96.1 Å². The number of hydrogen-bond donors (Lipinski definition) is 0. The Labute approximate surface area is 228 Å². The summed E-state index contributed by atoms with van der Waals surface area (Å²) in [6.45, 7) is 5.69. The highest BCUT2D eigenvalue weighted by atomic mass is 32.2. The molecule has 0 amide bonds. The maximum atomic E-state index is 13.7. The van der Waals surface area contributed by atoms with Crippen LogP contribution in [0.3, 0.4) is 0 Å². The second-order valence-electron chi connectivity index (χ2n) is 9.72. The van der Waals surface area contributed by atoms with Crippen molar-refractivity contribution in [1.82, 2.24) is 0 Å². The van der Waals surface area contributed by atoms with Crippen LogP contribution < -0.4 is 4.74 Å². The van der Waals surface area contributed by atoms with E-state index in [1.807, 2.05) is 36.4 Å². The van der Waals surface area contributed by atoms with Gasteiger partial charge < -0.3 is 13.8 Å². The van der Waals surface area contributed by atoms with Gasteiger partial charge in [-0.2, -0.15) is 8.42 Å². The van der Waals surface area contributed by atoms with Crippen molar-refractivity contribution in [3.63, 3.8) is 0 Å². The lowest BCUT2D eigenvalue weighted by Crippen LogP contribution is -2.31. The fourth-order valence-electron chi connectivity index (χ4n) is 4.87. The van der Waals surface area contributed by atoms with Crippen LogP contribution in [0.1, 0.15) is 83.3 Å². The molecule has 212 valence electrons. The van der Waals surface area contributed by atoms with Gasteiger partial charge in [0.15, 0.2) is 4.99 Å². The lowest BCUT2D eigenvalue weighted by atomic mass is 9.98. The van der Waals surface area contributed by atoms with Crippen molar-refractivity contribution in [2.75, 3.05) is 13.2 Å². The fraction of sp³-hybridized carbons (Fsp3) is 0.586. The summed E-state index contributed by atoms with van der Waals surface area (Å²) in [7, 11) is -8.12. The predicted molar refractivity (Wildman–Crippen MR) is 151 cm³/mol. The molecule has 2 aromatic carbocycles. The minimum Gasteiger partial charge on any atom is -0.457 e. The zero-order chi connectivity index (χ0) is 27.4. The van der Waals surface area contributed by atoms with Crippen LogP contribution in [0.2, 0.25) is 0 Å². The molecule has 0 radical (unpaired) electrons. The van der Waals surface area contributed by atoms with Gasteiger partial charge in [-0.3, -0.25) is 8.75 Å². The number of benzene rings is 2. The third kappa shape index (κ3) is 9.20. The molecule has 9 heteroatoms. The Morgan fingerprint density at radius 1 is 0.868 bits per heavy atom. The third-order valence-electron chi connectivity index (χ3n) is 6.61. The molecule has 1 aliphatic carbocycles. The van der Waals surface area contributed by atoms with Gasteiger partial charge in [-0.1, -0.05) is 56.9 Å². The van der Waals surface area contributed by atoms with Gasteiger partial charge in [-0.15, -0.1) is 0 Å². The van der Waals surface area contributed by atoms with E-state index < -0.39 is 22.7 Å². The summed E-state index contributed by atoms with van der Waals surface area (Å²) in [4.78, 5) is -1.36. The molecule has 2 aromatic rings. The predicted octanol–water partition coefficient (Wildman–Crippen LogP) is 8.03. The van der Waals surface area contributed by atoms with Crippen LogP contribution in [0.25, 0.3) is 0 Å². The fourth-order valence-corrected chi connectivity index (χ4v) is 9.43. The molecule has 7 nitrogen and oxygen atoms in total. The number of rotatable bonds is 16. The molecular formula is C29H43O7PS. The van der Waals surface area contributed by atoms with Crippen molar-refractivity contribution >= 4 is 17.7 Å². The van der Waals surface area contributed by atoms with Crippen LogP contribution in [-0.4, -0.2) is 32.7 Å². The molecule has 1 fully saturated rings. The smallest absolute Gasteiger partial charge is 0.351 e. The molecule has 38 heavy (non-hydrogen) atoms. The Morgan fingerprint density at radius 3 is 2.00 bits per heavy atom. The van der Waals surface area contributed by atoms with E-state index in [9.17, 15) is 13.0 Å². The Hall–Kier alpha value is -1.70. The van der Waals surface area contributed by atoms with Crippen molar-refractivity contribution < 1.29 is 31.0 Å². The Balaban J connectivity index is 1.71. The molecule has 3 rings (SSSR count). The van der Waals surface area contributed by atoms with Crippen LogP contribution in [0.5, 0.6) is 11.5 Å². The normalized spacial score (nSPS) is 15.9. The highest BCUT2D eigenvalue weighted by Crippen LogP contribution is 2.57. The molecule has 1 saturated carbocycles. The SMILES string of the molecule is CCCc1cccc(Oc2cccc(CCCC(P(=O)(OCC)OCC)S(=O)(=O)OC3CCCCC3)c2)c1. The summed E-state index contributed by atoms with van der Waals surface area (Å²) in [6.07, 6.45) is 7.17. The van der Waals surface area contributed by atoms with Gasteiger partial charge in [0.25, 0.3) is 10.1 Å². The topological polar surface area (TPSA) is 88.1 Å². The first kappa shape index (κ1) is 30.8. The highest BCUT2D eigenvalue weighted by Gasteiger charge is 2.46. The van der Waals surface area contributed by atoms with E-state index in [1.54, 1.807) is 13.8 Å². The van der Waals surface area contributed by atoms with E-state index >= 15 is 0 Å². The van der Waals surface area contributed by atoms with Gasteiger partial charge in [0.2, 0.25) is 0 Å². The van der Waals surface area contributed by atoms with Crippen molar-refractivity contribution in [3.05, 3.63) is 59.7 Å². The van der Waals surface area contributed by atoms with Gasteiger partial charge >= 0.3 is 7.60 Å². The minimum atomic E-state index is -4.17. The standard InChI is InChI=1S/C29H43O7PS/c1-4-13-24-14-10-19-27(22-24)35-28-20-11-15-25(23-28)16-12-21-29(37(30,33-5-2)34-6-3)38(31,32)36-26-17-8-7-9-18-26/h10-11,14-15,19-20,22-23,26,29H,4-9,12-13,16-18,21H2,1-3H3. The monoisotopic (exact) mass is 566 g/mol. The van der Waals surface area contributed by atoms with E-state index in [0.29, 0.717) is 25.7 Å². The number of hydrogen-bond acceptors (Lipinski definition) is 7. The molecule has 0 saturated heterocycles. The first-order valence-electron chi connectivity index (χ1n) is 14.0. The summed E-state index contributed by atoms with van der Waals surface area (Å²) in [5.41, 5.74) is 2.23. The van der Waals surface area contributed by atoms with Gasteiger partial charge in [-0.25, -0.2) is 0 Å². The first-order valence-corrected chi connectivity index (χ1v) is 17.0. The van der Waals surface area contributed by atoms with E-state index in [4.69, 9.17) is 18.0 Å². The number of ether oxygens (including phenoxy) is 1. The summed E-state index contributed by atoms with van der Waals surface area (Å²) in [5, 5.41) is 0. The van der Waals surface area contributed by atoms with Crippen molar-refractivity contribution in [1.29, 1.82) is 0 Å². The Bertz CT molecular complexity index is 1140. The quantitative estimate of drug-likeness (QED) is 0.150. The Morgan fingerprint density at radius 2 is 1.45 bits per heavy atom. The Kier molecular flexibility index (Phi) is 12.3. The van der Waals surface area contributed by atoms with E-state index in [-0.39, 0.29) is 25.7 Å². The average Bonchev–Trinajstić information content (AvgIpc) is 2.88. The molecular weight excluding hydrogens is 523 g/mol. The molecule has 0 bridgehead atoms. The minimum absolute atomic E-state index is 0.0889. The molecule has 0 aromatic heterocycles. The van der Waals surface area contributed by atoms with Gasteiger partial charge in [0.1, 0.15) is 11.5 Å². The van der Waals surface area contributed by atoms with Crippen LogP contribution in [-0.2, 0) is 40.8 Å². The van der Waals surface area contributed by atoms with Crippen LogP contribution in [0.4, 0.5) is 0 Å². The summed E-state index contributed by atoms with van der Waals surface area (Å²) in [5.74, 6) is 1.50. The largest absolute Gasteiger partial charge is 0.457 e. The van der Waals surface area contributed by atoms with Gasteiger partial charge in [-0.05, 0) is 87.8 Å². The molecule has 1 atom stereocenters. The maximum absolute atomic E-state index is 13.7. The molecule has 0 heterocycles. The molecule has 0 N–H and O–H groups in total. The molecule has 0 spiro atoms. The molecule has 0 aliphatic heterocycles. The zero-order valence-corrected chi connectivity index (χ0v) is 24.7. The van der Waals surface area contributed by atoms with Gasteiger partial charge in [0.05, 0.1) is 19.3 Å². The average molecular weight is 567 g/mol. The van der Waals surface area contributed by atoms with E-state index in [1.165, 1.54) is 5.56 Å². The summed E-state index contributed by atoms with van der Waals surface area (Å²) >= 11 is 0. The van der Waals surface area contributed by atoms with Crippen LogP contribution in [0, 0.1) is 0 Å². The lowest BCUT2D eigenvalue weighted by molar-refractivity contribution is 0.158. The second-order valence-corrected chi connectivity index (χ2v) is 14.0. The van der Waals surface area contributed by atoms with Crippen LogP contribution >= 0.6 is 7.60 Å². The molecule has 1 aliphatic rings. The van der Waals surface area contributed by atoms with E-state index in [0.717, 1.165) is 49.2 Å². The number of aryl methyl sites for hydroxylation is 2. The first-order chi connectivity index (χ1) is 18.3. The van der Waals surface area contributed by atoms with Gasteiger partial charge in [0, 0.05) is 0 Å². The van der Waals surface area contributed by atoms with Crippen molar-refractivity contribution in [3.8, 4) is 11.5 Å². The third-order valence-corrected chi connectivity index (χ3v) is 11.8. The highest BCUT2D eigenvalue weighted by molar-refractivity contribution is 7.94. The lowest BCUT2D eigenvalue weighted by Gasteiger charge is -2.28. The second kappa shape index (κ2) is 15.2. The van der Waals surface area contributed by atoms with E-state index in [2.05, 4.69) is 19.1 Å². The summed E-state index contributed by atoms with van der Waals surface area (Å²) < 4.78 is 63.1. The van der Waals surface area contributed by atoms with Crippen molar-refractivity contribution in [2.24, 2.45) is 0 Å². The van der Waals surface area contributed by atoms with Crippen LogP contribution in [0.15, 0.2) is 48.5 Å². The zero-order valence-electron chi connectivity index (χ0n) is 23.0. The molecule has 1 unspecified atom stereocenters. The summed E-state index contributed by atoms with van der Waals surface area (Å²) in [6, 6.07) is 15.8.